The second kappa shape index (κ2) is 20.2. The number of nitrogens with zero attached hydrogens (tertiary/aromatic N) is 4. The summed E-state index contributed by atoms with van der Waals surface area (Å²) in [7, 11) is 0. The molecule has 0 saturated carbocycles. The normalized spacial score (nSPS) is 6.00. The van der Waals surface area contributed by atoms with Crippen LogP contribution in [0.1, 0.15) is 0 Å². The van der Waals surface area contributed by atoms with E-state index in [-0.39, 0.29) is 119 Å². The van der Waals surface area contributed by atoms with Crippen molar-refractivity contribution in [2.24, 2.45) is 0 Å². The predicted molar refractivity (Wildman–Crippen MR) is 33.3 cm³/mol. The van der Waals surface area contributed by atoms with Gasteiger partial charge in [-0.1, -0.05) is 0 Å². The third kappa shape index (κ3) is 11.8. The van der Waals surface area contributed by atoms with Crippen molar-refractivity contribution in [3.63, 3.8) is 0 Å². The zero-order valence-electron chi connectivity index (χ0n) is 7.61. The van der Waals surface area contributed by atoms with Gasteiger partial charge in [0.1, 0.15) is 0 Å². The third-order valence-electron chi connectivity index (χ3n) is 0.424. The number of nitriles is 4. The summed E-state index contributed by atoms with van der Waals surface area (Å²) < 4.78 is 5.72. The molecule has 6 N–H and O–H groups in total. The molecule has 0 aromatic carbocycles. The van der Waals surface area contributed by atoms with Crippen molar-refractivity contribution < 1.29 is 135 Å². The number of hydrogen-bond donors (Lipinski definition) is 0. The summed E-state index contributed by atoms with van der Waals surface area (Å²) in [5.74, 6) is 0. The maximum Gasteiger partial charge on any atom is 1.00 e. The Labute approximate surface area is 169 Å². The third-order valence-corrected chi connectivity index (χ3v) is 2.51. The van der Waals surface area contributed by atoms with E-state index in [2.05, 4.69) is 0 Å². The maximum absolute atomic E-state index is 8.13. The van der Waals surface area contributed by atoms with Crippen molar-refractivity contribution in [1.29, 1.82) is 21.0 Å². The van der Waals surface area contributed by atoms with Crippen molar-refractivity contribution in [3.8, 4) is 18.2 Å². The molecule has 0 aliphatic carbocycles. The Morgan fingerprint density at radius 1 is 0.571 bits per heavy atom. The molecule has 0 rings (SSSR count). The van der Waals surface area contributed by atoms with E-state index < -0.39 is 15.5 Å². The zero-order chi connectivity index (χ0) is 7.33. The summed E-state index contributed by atoms with van der Waals surface area (Å²) in [5.41, 5.74) is 0. The van der Waals surface area contributed by atoms with E-state index in [1.54, 1.807) is 0 Å². The van der Waals surface area contributed by atoms with Gasteiger partial charge in [0, 0.05) is 0 Å². The van der Waals surface area contributed by atoms with E-state index in [0.29, 0.717) is 0 Å². The van der Waals surface area contributed by atoms with Gasteiger partial charge in [0.15, 0.2) is 0 Å². The van der Waals surface area contributed by atoms with Crippen LogP contribution in [0.15, 0.2) is 0 Å². The molecule has 14 heavy (non-hydrogen) atoms. The zero-order valence-corrected chi connectivity index (χ0v) is 15.4. The van der Waals surface area contributed by atoms with Crippen molar-refractivity contribution >= 4 is 0 Å². The van der Waals surface area contributed by atoms with E-state index in [9.17, 15) is 0 Å². The minimum absolute atomic E-state index is 0. The molecule has 0 aliphatic rings. The molecule has 7 nitrogen and oxygen atoms in total. The topological polar surface area (TPSA) is 190 Å². The summed E-state index contributed by atoms with van der Waals surface area (Å²) in [6.45, 7) is 0. The van der Waals surface area contributed by atoms with Gasteiger partial charge in [-0.2, -0.15) is 0 Å². The molecule has 0 amide bonds. The Bertz CT molecular complexity index is 223. The molecule has 0 aromatic rings. The Hall–Kier alpha value is 1.78. The molecule has 0 unspecified atom stereocenters. The van der Waals surface area contributed by atoms with Gasteiger partial charge >= 0.3 is 158 Å². The fourth-order valence-electron chi connectivity index (χ4n) is 0.0949. The van der Waals surface area contributed by atoms with E-state index in [1.165, 1.54) is 18.2 Å². The van der Waals surface area contributed by atoms with Gasteiger partial charge in [-0.05, 0) is 0 Å². The molecule has 0 spiro atoms. The first-order valence-electron chi connectivity index (χ1n) is 1.53. The second-order valence-electron chi connectivity index (χ2n) is 0.757. The quantitative estimate of drug-likeness (QED) is 0.395. The van der Waals surface area contributed by atoms with Crippen LogP contribution in [0, 0.1) is 39.2 Å². The van der Waals surface area contributed by atoms with Crippen LogP contribution < -0.4 is 103 Å². The van der Waals surface area contributed by atoms with Crippen LogP contribution in [-0.4, -0.2) is 16.4 Å². The van der Waals surface area contributed by atoms with Gasteiger partial charge in [0.25, 0.3) is 0 Å². The predicted octanol–water partition coefficient (Wildman–Crippen LogP) is -8.40. The fraction of sp³-hybridized carbons (Fsp3) is 0. The van der Waals surface area contributed by atoms with Gasteiger partial charge < -0.3 is 16.4 Å². The molecule has 0 aliphatic heterocycles. The fourth-order valence-corrected chi connectivity index (χ4v) is 0.561. The summed E-state index contributed by atoms with van der Waals surface area (Å²) in [5, 5.41) is 32.5. The molecular weight excluding hydrogens is 337 g/mol. The molecule has 0 bridgehead atoms. The van der Waals surface area contributed by atoms with E-state index in [1.807, 2.05) is 0 Å². The van der Waals surface area contributed by atoms with Crippen LogP contribution >= 0.6 is 0 Å². The summed E-state index contributed by atoms with van der Waals surface area (Å²) in [6, 6.07) is 0. The first kappa shape index (κ1) is 36.0. The minimum atomic E-state index is -3.58. The summed E-state index contributed by atoms with van der Waals surface area (Å²) in [4.78, 5) is 0. The first-order chi connectivity index (χ1) is 4.24. The molecule has 0 aromatic heterocycles. The Morgan fingerprint density at radius 2 is 0.714 bits per heavy atom. The molecule has 10 heteroatoms. The van der Waals surface area contributed by atoms with Crippen LogP contribution in [0.25, 0.3) is 0 Å². The van der Waals surface area contributed by atoms with Gasteiger partial charge in [-0.3, -0.25) is 0 Å². The Kier molecular flexibility index (Phi) is 52.1. The molecule has 0 atom stereocenters. The van der Waals surface area contributed by atoms with E-state index in [0.717, 1.165) is 0 Å². The smallest absolute Gasteiger partial charge is 0.412 e. The number of rotatable bonds is 0. The second-order valence-corrected chi connectivity index (χ2v) is 4.48. The van der Waals surface area contributed by atoms with Crippen LogP contribution in [0.4, 0.5) is 0 Å². The minimum Gasteiger partial charge on any atom is -0.412 e. The molecular formula is C4H6K2N4O3Pd. The van der Waals surface area contributed by atoms with Crippen LogP contribution in [0.3, 0.4) is 0 Å². The van der Waals surface area contributed by atoms with E-state index in [4.69, 9.17) is 21.0 Å². The van der Waals surface area contributed by atoms with Crippen molar-refractivity contribution in [2.45, 2.75) is 0 Å². The monoisotopic (exact) mass is 342 g/mol. The van der Waals surface area contributed by atoms with Crippen LogP contribution in [0.5, 0.6) is 0 Å². The summed E-state index contributed by atoms with van der Waals surface area (Å²) >= 11 is -3.58. The Morgan fingerprint density at radius 3 is 0.714 bits per heavy atom. The molecule has 0 heterocycles. The average molecular weight is 343 g/mol. The van der Waals surface area contributed by atoms with Gasteiger partial charge in [0.05, 0.1) is 0 Å². The standard InChI is InChI=1S/4CN.2K.3H2O.Pd/c4*1-2;;;;;;/h;;;;;;3*1H2;/q;;;;2*+1;;;;-2. The molecule has 0 radical (unpaired) electrons. The average Bonchev–Trinajstić information content (AvgIpc) is 1.95. The van der Waals surface area contributed by atoms with Crippen LogP contribution in [-0.2, 0) is 15.5 Å². The largest absolute Gasteiger partial charge is 1.00 e. The molecule has 72 valence electrons. The van der Waals surface area contributed by atoms with E-state index >= 15 is 0 Å². The molecule has 0 fully saturated rings. The van der Waals surface area contributed by atoms with Crippen LogP contribution in [0.2, 0.25) is 0 Å². The number of hydrogen-bond acceptors (Lipinski definition) is 4. The van der Waals surface area contributed by atoms with Gasteiger partial charge in [0.2, 0.25) is 0 Å². The van der Waals surface area contributed by atoms with Crippen molar-refractivity contribution in [2.75, 3.05) is 0 Å². The maximum atomic E-state index is 8.13. The van der Waals surface area contributed by atoms with Gasteiger partial charge in [-0.25, -0.2) is 0 Å². The SMILES string of the molecule is N#[C][Pd-2]([C]#N)([C]#N)[C]#N.O.O.O.[K+].[K+]. The van der Waals surface area contributed by atoms with Crippen molar-refractivity contribution in [3.05, 3.63) is 0 Å². The van der Waals surface area contributed by atoms with Crippen molar-refractivity contribution in [1.82, 2.24) is 0 Å². The molecule has 0 saturated heterocycles. The summed E-state index contributed by atoms with van der Waals surface area (Å²) in [6.07, 6.45) is 0. The Balaban J connectivity index is -0.0000000320. The van der Waals surface area contributed by atoms with Gasteiger partial charge in [-0.15, -0.1) is 0 Å². The first-order valence-corrected chi connectivity index (χ1v) is 4.64.